The SMILES string of the molecule is COC(=O)NC(C(=O)N1C(c2ncc(-c3ccc(-c4ccc5c(ccc6[nH]c([C@@H]7C[Si](C)(C)CN7C(=O)C(NC(=O)CO)C(C)C)nc65)c4)cc3)[nH]2)C2C3(CCC13)[Si]2(C)C)C(C)C. The molecule has 4 amide bonds. The van der Waals surface area contributed by atoms with Crippen LogP contribution in [-0.2, 0) is 19.1 Å². The molecule has 0 radical (unpaired) electrons. The van der Waals surface area contributed by atoms with Crippen LogP contribution in [0.4, 0.5) is 4.79 Å². The van der Waals surface area contributed by atoms with E-state index < -0.39 is 46.8 Å². The van der Waals surface area contributed by atoms with Crippen LogP contribution in [0.1, 0.15) is 64.3 Å². The molecule has 0 bridgehead atoms. The summed E-state index contributed by atoms with van der Waals surface area (Å²) in [5, 5.41) is 17.2. The summed E-state index contributed by atoms with van der Waals surface area (Å²) in [7, 11) is -2.10. The fourth-order valence-electron chi connectivity index (χ4n) is 11.8. The number of aliphatic hydroxyl groups is 1. The molecule has 7 atom stereocenters. The maximum atomic E-state index is 14.4. The Labute approximate surface area is 370 Å². The van der Waals surface area contributed by atoms with Crippen molar-refractivity contribution in [1.29, 1.82) is 0 Å². The number of fused-ring (bicyclic) bond motifs is 3. The number of carbonyl (C=O) groups excluding carboxylic acids is 4. The van der Waals surface area contributed by atoms with Gasteiger partial charge in [-0.15, -0.1) is 0 Å². The fourth-order valence-corrected chi connectivity index (χ4v) is 20.9. The number of imidazole rings is 2. The summed E-state index contributed by atoms with van der Waals surface area (Å²) < 4.78 is 4.90. The van der Waals surface area contributed by atoms with Crippen LogP contribution in [0.5, 0.6) is 0 Å². The van der Waals surface area contributed by atoms with Gasteiger partial charge in [-0.05, 0) is 75.5 Å². The van der Waals surface area contributed by atoms with Crippen molar-refractivity contribution in [2.75, 3.05) is 19.9 Å². The van der Waals surface area contributed by atoms with Gasteiger partial charge in [0.1, 0.15) is 30.3 Å². The van der Waals surface area contributed by atoms with Crippen molar-refractivity contribution in [2.45, 2.75) is 114 Å². The number of H-pyrrole nitrogens is 2. The van der Waals surface area contributed by atoms with E-state index in [-0.39, 0.29) is 46.8 Å². The molecule has 3 saturated heterocycles. The highest BCUT2D eigenvalue weighted by molar-refractivity contribution is 6.94. The summed E-state index contributed by atoms with van der Waals surface area (Å²) in [5.74, 6) is 0.541. The number of rotatable bonds is 11. The van der Waals surface area contributed by atoms with E-state index in [0.717, 1.165) is 74.7 Å². The van der Waals surface area contributed by atoms with Gasteiger partial charge in [0.05, 0.1) is 58.3 Å². The van der Waals surface area contributed by atoms with Crippen LogP contribution < -0.4 is 10.6 Å². The Morgan fingerprint density at radius 3 is 2.22 bits per heavy atom. The van der Waals surface area contributed by atoms with Gasteiger partial charge in [-0.1, -0.05) is 96.3 Å². The van der Waals surface area contributed by atoms with Crippen molar-refractivity contribution in [3.8, 4) is 22.4 Å². The first kappa shape index (κ1) is 42.9. The molecule has 3 aromatic carbocycles. The molecule has 4 fully saturated rings. The number of nitrogens with zero attached hydrogens (tertiary/aromatic N) is 4. The van der Waals surface area contributed by atoms with Crippen LogP contribution in [0.3, 0.4) is 0 Å². The van der Waals surface area contributed by atoms with Crippen molar-refractivity contribution in [3.05, 3.63) is 72.4 Å². The molecule has 63 heavy (non-hydrogen) atoms. The third kappa shape index (κ3) is 6.90. The second-order valence-electron chi connectivity index (χ2n) is 20.4. The fraction of sp³-hybridized carbons (Fsp3) is 0.489. The number of hydrogen-bond acceptors (Lipinski definition) is 8. The minimum atomic E-state index is -1.80. The lowest BCUT2D eigenvalue weighted by molar-refractivity contribution is -0.139. The minimum Gasteiger partial charge on any atom is -0.453 e. The van der Waals surface area contributed by atoms with E-state index in [9.17, 15) is 24.3 Å². The molecule has 2 aromatic heterocycles. The molecule has 14 nitrogen and oxygen atoms in total. The highest BCUT2D eigenvalue weighted by atomic mass is 28.3. The van der Waals surface area contributed by atoms with Crippen molar-refractivity contribution < 1.29 is 29.0 Å². The zero-order chi connectivity index (χ0) is 44.9. The third-order valence-corrected chi connectivity index (χ3v) is 23.1. The van der Waals surface area contributed by atoms with Crippen molar-refractivity contribution in [1.82, 2.24) is 40.4 Å². The van der Waals surface area contributed by atoms with E-state index in [4.69, 9.17) is 14.7 Å². The summed E-state index contributed by atoms with van der Waals surface area (Å²) in [6, 6.07) is 18.2. The largest absolute Gasteiger partial charge is 0.453 e. The molecule has 1 saturated carbocycles. The van der Waals surface area contributed by atoms with Gasteiger partial charge < -0.3 is 40.2 Å². The summed E-state index contributed by atoms with van der Waals surface area (Å²) in [5.41, 5.74) is 6.19. The van der Waals surface area contributed by atoms with Crippen LogP contribution in [-0.4, -0.2) is 113 Å². The van der Waals surface area contributed by atoms with E-state index >= 15 is 0 Å². The molecule has 4 aliphatic rings. The number of amides is 4. The standard InChI is InChI=1S/C47H60N8O6Si2/c1-25(2)37(51-36(57)22-56)44(58)54-24-62(6,7)23-34(54)42-49-32-17-15-30-20-29(14-16-31(30)39(32)52-42)27-10-12-28(13-11-27)33-21-48-43(50-33)40-41-47(63(41,8)9)19-18-35(47)55(40)45(59)38(26(3)4)53-46(60)61-5/h10-17,20-21,25-26,34-35,37-38,40-41,56H,18-19,22-24H2,1-9H3,(H,48,50)(H,49,52)(H,51,57)(H,53,60)/t34-,35?,37?,38?,40?,41?,47?/m0/s1. The maximum absolute atomic E-state index is 14.4. The molecule has 9 rings (SSSR count). The first-order valence-electron chi connectivity index (χ1n) is 22.4. The number of methoxy groups -OCH3 is 1. The van der Waals surface area contributed by atoms with E-state index in [1.807, 2.05) is 38.8 Å². The lowest BCUT2D eigenvalue weighted by Gasteiger charge is -2.46. The van der Waals surface area contributed by atoms with E-state index in [1.54, 1.807) is 0 Å². The van der Waals surface area contributed by atoms with Gasteiger partial charge in [0.15, 0.2) is 0 Å². The molecule has 6 unspecified atom stereocenters. The number of benzene rings is 3. The van der Waals surface area contributed by atoms with Crippen LogP contribution >= 0.6 is 0 Å². The molecule has 5 aromatic rings. The molecular formula is C47H60N8O6Si2. The first-order chi connectivity index (χ1) is 29.9. The molecule has 3 aliphatic heterocycles. The van der Waals surface area contributed by atoms with Gasteiger partial charge in [0.2, 0.25) is 17.7 Å². The molecule has 1 aliphatic carbocycles. The van der Waals surface area contributed by atoms with Gasteiger partial charge >= 0.3 is 6.09 Å². The predicted octanol–water partition coefficient (Wildman–Crippen LogP) is 7.30. The van der Waals surface area contributed by atoms with Crippen molar-refractivity contribution in [3.63, 3.8) is 0 Å². The summed E-state index contributed by atoms with van der Waals surface area (Å²) >= 11 is 0. The van der Waals surface area contributed by atoms with E-state index in [0.29, 0.717) is 11.7 Å². The molecular weight excluding hydrogens is 829 g/mol. The Morgan fingerprint density at radius 1 is 0.889 bits per heavy atom. The number of aromatic nitrogens is 4. The average molecular weight is 889 g/mol. The Kier molecular flexibility index (Phi) is 10.5. The Hall–Kier alpha value is -5.33. The predicted molar refractivity (Wildman–Crippen MR) is 248 cm³/mol. The molecule has 332 valence electrons. The molecule has 1 spiro atoms. The number of nitrogens with one attached hydrogen (secondary N) is 4. The Bertz CT molecular complexity index is 2640. The van der Waals surface area contributed by atoms with Gasteiger partial charge in [0.25, 0.3) is 0 Å². The van der Waals surface area contributed by atoms with E-state index in [2.05, 4.69) is 106 Å². The topological polar surface area (TPSA) is 186 Å². The monoisotopic (exact) mass is 888 g/mol. The van der Waals surface area contributed by atoms with Gasteiger partial charge in [-0.25, -0.2) is 14.8 Å². The number of aromatic amines is 2. The first-order valence-corrected chi connectivity index (χ1v) is 28.9. The van der Waals surface area contributed by atoms with Gasteiger partial charge in [-0.2, -0.15) is 0 Å². The second-order valence-corrected chi connectivity index (χ2v) is 30.5. The van der Waals surface area contributed by atoms with Crippen LogP contribution in [0.2, 0.25) is 42.8 Å². The lowest BCUT2D eigenvalue weighted by Crippen LogP contribution is -2.57. The molecule has 16 heteroatoms. The van der Waals surface area contributed by atoms with Crippen molar-refractivity contribution >= 4 is 61.8 Å². The Balaban J connectivity index is 0.958. The quantitative estimate of drug-likeness (QED) is 0.0856. The number of hydrogen-bond donors (Lipinski definition) is 5. The smallest absolute Gasteiger partial charge is 0.407 e. The van der Waals surface area contributed by atoms with Crippen LogP contribution in [0.25, 0.3) is 44.2 Å². The Morgan fingerprint density at radius 2 is 1.57 bits per heavy atom. The summed E-state index contributed by atoms with van der Waals surface area (Å²) in [6.07, 6.45) is 4.06. The number of aliphatic hydroxyl groups excluding tert-OH is 1. The maximum Gasteiger partial charge on any atom is 0.407 e. The summed E-state index contributed by atoms with van der Waals surface area (Å²) in [4.78, 5) is 74.1. The van der Waals surface area contributed by atoms with Gasteiger partial charge in [0, 0.05) is 17.6 Å². The highest BCUT2D eigenvalue weighted by Crippen LogP contribution is 2.89. The number of ether oxygens (including phenoxy) is 1. The third-order valence-electron chi connectivity index (χ3n) is 15.1. The zero-order valence-corrected chi connectivity index (χ0v) is 39.7. The number of carbonyl (C=O) groups is 4. The molecule has 5 N–H and O–H groups in total. The number of likely N-dealkylation sites (tertiary alicyclic amines) is 1. The number of alkyl carbamates (subject to hydrolysis) is 1. The minimum absolute atomic E-state index is 0.0615. The van der Waals surface area contributed by atoms with Crippen LogP contribution in [0, 0.1) is 11.8 Å². The molecule has 5 heterocycles. The normalized spacial score (nSPS) is 25.1. The van der Waals surface area contributed by atoms with Gasteiger partial charge in [-0.3, -0.25) is 14.4 Å². The second kappa shape index (κ2) is 15.4. The zero-order valence-electron chi connectivity index (χ0n) is 37.7. The van der Waals surface area contributed by atoms with Crippen LogP contribution in [0.15, 0.2) is 60.8 Å². The average Bonchev–Trinajstić information content (AvgIpc) is 3.83. The summed E-state index contributed by atoms with van der Waals surface area (Å²) in [6.45, 7) is 16.5. The lowest BCUT2D eigenvalue weighted by atomic mass is 9.79. The highest BCUT2D eigenvalue weighted by Gasteiger charge is 2.86. The van der Waals surface area contributed by atoms with E-state index in [1.165, 1.54) is 7.11 Å². The van der Waals surface area contributed by atoms with Crippen molar-refractivity contribution in [2.24, 2.45) is 11.8 Å².